The van der Waals surface area contributed by atoms with Gasteiger partial charge in [0, 0.05) is 9.14 Å². The molecule has 0 spiro atoms. The third-order valence-corrected chi connectivity index (χ3v) is 7.34. The van der Waals surface area contributed by atoms with E-state index < -0.39 is 52.2 Å². The maximum absolute atomic E-state index is 13.6. The van der Waals surface area contributed by atoms with Crippen LogP contribution in [0, 0.1) is 10.7 Å². The molecule has 0 saturated heterocycles. The monoisotopic (exact) mass is 898 g/mol. The minimum atomic E-state index is -6.61. The smallest absolute Gasteiger partial charge is 0.432 e. The molecule has 208 valence electrons. The minimum absolute atomic E-state index is 0.0151. The number of hydrogen-bond acceptors (Lipinski definition) is 9. The van der Waals surface area contributed by atoms with Crippen molar-refractivity contribution in [2.75, 3.05) is 19.8 Å². The number of benzene rings is 1. The first kappa shape index (κ1) is 33.9. The third-order valence-electron chi connectivity index (χ3n) is 3.76. The Bertz CT molecular complexity index is 1190. The van der Waals surface area contributed by atoms with Crippen LogP contribution in [-0.4, -0.2) is 68.2 Å². The van der Waals surface area contributed by atoms with Crippen LogP contribution in [0.25, 0.3) is 0 Å². The summed E-state index contributed by atoms with van der Waals surface area (Å²) in [6.45, 7) is 2.73. The number of carbonyl (C=O) groups excluding carboxylic acids is 3. The van der Waals surface area contributed by atoms with Crippen LogP contribution in [0.2, 0.25) is 0 Å². The average molecular weight is 898 g/mol. The summed E-state index contributed by atoms with van der Waals surface area (Å²) in [7, 11) is -6.61. The van der Waals surface area contributed by atoms with Crippen LogP contribution >= 0.6 is 67.8 Å². The predicted octanol–water partition coefficient (Wildman–Crippen LogP) is 4.11. The number of rotatable bonds is 11. The number of ether oxygens (including phenoxy) is 4. The lowest BCUT2D eigenvalue weighted by molar-refractivity contribution is -0.259. The number of esters is 3. The molecule has 0 aliphatic heterocycles. The fourth-order valence-electron chi connectivity index (χ4n) is 2.11. The zero-order valence-corrected chi connectivity index (χ0v) is 25.3. The standard InChI is InChI=1S/C18H14F5I3O10S/c1-7(2)14(28)33-3-4-34-15(29)11-8(24)5-9(25)13(12(11)26)35-6-10(27)36-16(17(19,20)21)18(22,23)37(30,31)32/h5,16H,1,3-4,6H2,2H3,(H,30,31,32). The van der Waals surface area contributed by atoms with Gasteiger partial charge < -0.3 is 18.9 Å². The van der Waals surface area contributed by atoms with Gasteiger partial charge in [0.2, 0.25) is 0 Å². The number of halogens is 8. The highest BCUT2D eigenvalue weighted by Crippen LogP contribution is 2.38. The van der Waals surface area contributed by atoms with E-state index in [1.807, 2.05) is 0 Å². The van der Waals surface area contributed by atoms with E-state index >= 15 is 0 Å². The first-order valence-electron chi connectivity index (χ1n) is 9.12. The Morgan fingerprint density at radius 1 is 1.05 bits per heavy atom. The zero-order chi connectivity index (χ0) is 28.9. The minimum Gasteiger partial charge on any atom is -0.480 e. The van der Waals surface area contributed by atoms with E-state index in [0.717, 1.165) is 0 Å². The number of carbonyl (C=O) groups is 3. The molecule has 19 heteroatoms. The molecule has 0 fully saturated rings. The summed E-state index contributed by atoms with van der Waals surface area (Å²) >= 11 is 5.05. The first-order chi connectivity index (χ1) is 16.7. The van der Waals surface area contributed by atoms with Crippen molar-refractivity contribution in [1.82, 2.24) is 0 Å². The molecule has 0 heterocycles. The van der Waals surface area contributed by atoms with Gasteiger partial charge in [-0.3, -0.25) is 4.55 Å². The van der Waals surface area contributed by atoms with E-state index in [4.69, 9.17) is 18.8 Å². The number of alkyl halides is 5. The Balaban J connectivity index is 3.03. The fraction of sp³-hybridized carbons (Fsp3) is 0.389. The summed E-state index contributed by atoms with van der Waals surface area (Å²) in [5, 5.41) is -5.90. The van der Waals surface area contributed by atoms with E-state index in [9.17, 15) is 44.8 Å². The Hall–Kier alpha value is -1.08. The Morgan fingerprint density at radius 3 is 2.08 bits per heavy atom. The van der Waals surface area contributed by atoms with Crippen molar-refractivity contribution in [2.24, 2.45) is 0 Å². The normalized spacial score (nSPS) is 12.9. The van der Waals surface area contributed by atoms with Crippen LogP contribution in [0.1, 0.15) is 17.3 Å². The summed E-state index contributed by atoms with van der Waals surface area (Å²) < 4.78 is 115. The van der Waals surface area contributed by atoms with Crippen molar-refractivity contribution < 1.29 is 68.3 Å². The molecule has 1 rings (SSSR count). The second-order valence-electron chi connectivity index (χ2n) is 6.65. The van der Waals surface area contributed by atoms with Gasteiger partial charge in [-0.15, -0.1) is 0 Å². The van der Waals surface area contributed by atoms with Gasteiger partial charge in [-0.25, -0.2) is 14.4 Å². The molecule has 1 aromatic rings. The lowest BCUT2D eigenvalue weighted by atomic mass is 10.2. The molecule has 37 heavy (non-hydrogen) atoms. The molecule has 0 aliphatic carbocycles. The molecule has 1 aromatic carbocycles. The summed E-state index contributed by atoms with van der Waals surface area (Å²) in [5.41, 5.74) is 0.0268. The average Bonchev–Trinajstić information content (AvgIpc) is 2.72. The van der Waals surface area contributed by atoms with E-state index in [2.05, 4.69) is 11.3 Å². The highest BCUT2D eigenvalue weighted by Gasteiger charge is 2.66. The molecular formula is C18H14F5I3O10S. The molecule has 10 nitrogen and oxygen atoms in total. The third kappa shape index (κ3) is 9.26. The van der Waals surface area contributed by atoms with Crippen molar-refractivity contribution in [3.05, 3.63) is 34.5 Å². The maximum Gasteiger partial charge on any atom is 0.432 e. The van der Waals surface area contributed by atoms with Gasteiger partial charge in [0.05, 0.1) is 12.7 Å². The lowest BCUT2D eigenvalue weighted by Crippen LogP contribution is -2.52. The molecule has 1 atom stereocenters. The largest absolute Gasteiger partial charge is 0.480 e. The highest BCUT2D eigenvalue weighted by molar-refractivity contribution is 14.1. The molecule has 0 bridgehead atoms. The molecule has 0 radical (unpaired) electrons. The van der Waals surface area contributed by atoms with Crippen LogP contribution in [0.4, 0.5) is 22.0 Å². The van der Waals surface area contributed by atoms with Crippen LogP contribution < -0.4 is 4.74 Å². The summed E-state index contributed by atoms with van der Waals surface area (Å²) in [6.07, 6.45) is -10.6. The second-order valence-corrected chi connectivity index (χ2v) is 11.5. The van der Waals surface area contributed by atoms with Crippen molar-refractivity contribution >= 4 is 95.8 Å². The van der Waals surface area contributed by atoms with Gasteiger partial charge in [-0.05, 0) is 80.8 Å². The van der Waals surface area contributed by atoms with Gasteiger partial charge in [0.25, 0.3) is 6.10 Å². The van der Waals surface area contributed by atoms with Gasteiger partial charge >= 0.3 is 39.5 Å². The van der Waals surface area contributed by atoms with E-state index in [1.54, 1.807) is 67.8 Å². The topological polar surface area (TPSA) is 142 Å². The van der Waals surface area contributed by atoms with E-state index in [-0.39, 0.29) is 37.2 Å². The van der Waals surface area contributed by atoms with E-state index in [0.29, 0.717) is 3.57 Å². The Morgan fingerprint density at radius 2 is 1.59 bits per heavy atom. The van der Waals surface area contributed by atoms with Crippen LogP contribution in [0.15, 0.2) is 18.2 Å². The molecule has 1 unspecified atom stereocenters. The first-order valence-corrected chi connectivity index (χ1v) is 13.8. The summed E-state index contributed by atoms with van der Waals surface area (Å²) in [4.78, 5) is 35.7. The highest BCUT2D eigenvalue weighted by atomic mass is 127. The quantitative estimate of drug-likeness (QED) is 0.0657. The molecule has 0 aromatic heterocycles. The number of hydrogen-bond donors (Lipinski definition) is 1. The molecule has 1 N–H and O–H groups in total. The van der Waals surface area contributed by atoms with Crippen LogP contribution in [0.3, 0.4) is 0 Å². The van der Waals surface area contributed by atoms with Crippen LogP contribution in [-0.2, 0) is 33.9 Å². The molecule has 0 aliphatic rings. The van der Waals surface area contributed by atoms with E-state index in [1.165, 1.54) is 13.0 Å². The van der Waals surface area contributed by atoms with Crippen molar-refractivity contribution in [1.29, 1.82) is 0 Å². The van der Waals surface area contributed by atoms with Crippen molar-refractivity contribution in [2.45, 2.75) is 24.5 Å². The fourth-order valence-corrected chi connectivity index (χ4v) is 6.69. The molecular weight excluding hydrogens is 884 g/mol. The van der Waals surface area contributed by atoms with Crippen LogP contribution in [0.5, 0.6) is 5.75 Å². The Labute approximate surface area is 246 Å². The second kappa shape index (κ2) is 13.3. The molecule has 0 saturated carbocycles. The predicted molar refractivity (Wildman–Crippen MR) is 139 cm³/mol. The maximum atomic E-state index is 13.6. The molecule has 0 amide bonds. The van der Waals surface area contributed by atoms with Gasteiger partial charge in [0.15, 0.2) is 6.61 Å². The summed E-state index contributed by atoms with van der Waals surface area (Å²) in [5.74, 6) is -3.92. The summed E-state index contributed by atoms with van der Waals surface area (Å²) in [6, 6.07) is 1.37. The SMILES string of the molecule is C=C(C)C(=O)OCCOC(=O)c1c(I)cc(I)c(OCC(=O)OC(C(F)(F)F)C(F)(F)S(=O)(=O)O)c1I. The van der Waals surface area contributed by atoms with Gasteiger partial charge in [-0.1, -0.05) is 6.58 Å². The van der Waals surface area contributed by atoms with Crippen molar-refractivity contribution in [3.8, 4) is 5.75 Å². The van der Waals surface area contributed by atoms with Gasteiger partial charge in [-0.2, -0.15) is 30.4 Å². The zero-order valence-electron chi connectivity index (χ0n) is 18.0. The van der Waals surface area contributed by atoms with Gasteiger partial charge in [0.1, 0.15) is 19.0 Å². The lowest BCUT2D eigenvalue weighted by Gasteiger charge is -2.26. The van der Waals surface area contributed by atoms with Crippen molar-refractivity contribution in [3.63, 3.8) is 0 Å². The Kier molecular flexibility index (Phi) is 12.2.